The van der Waals surface area contributed by atoms with Crippen LogP contribution in [0.2, 0.25) is 0 Å². The highest BCUT2D eigenvalue weighted by Crippen LogP contribution is 2.15. The van der Waals surface area contributed by atoms with Crippen molar-refractivity contribution in [1.82, 2.24) is 19.8 Å². The molecule has 0 spiro atoms. The number of carbonyl (C=O) groups excluding carboxylic acids is 1. The Morgan fingerprint density at radius 1 is 1.12 bits per heavy atom. The number of esters is 1. The van der Waals surface area contributed by atoms with Crippen LogP contribution in [0.15, 0.2) is 87.1 Å². The molecule has 4 rings (SSSR count). The molecule has 33 heavy (non-hydrogen) atoms. The highest BCUT2D eigenvalue weighted by molar-refractivity contribution is 7.89. The van der Waals surface area contributed by atoms with Gasteiger partial charge >= 0.3 is 5.97 Å². The predicted octanol–water partition coefficient (Wildman–Crippen LogP) is 2.96. The van der Waals surface area contributed by atoms with Gasteiger partial charge in [-0.05, 0) is 48.0 Å². The quantitative estimate of drug-likeness (QED) is 0.291. The lowest BCUT2D eigenvalue weighted by molar-refractivity contribution is -0.139. The van der Waals surface area contributed by atoms with Crippen molar-refractivity contribution in [3.8, 4) is 11.4 Å². The largest absolute Gasteiger partial charge is 0.468 e. The number of pyridine rings is 1. The minimum Gasteiger partial charge on any atom is -0.468 e. The van der Waals surface area contributed by atoms with Crippen LogP contribution in [-0.2, 0) is 32.7 Å². The maximum Gasteiger partial charge on any atom is 0.331 e. The third kappa shape index (κ3) is 5.99. The van der Waals surface area contributed by atoms with Crippen molar-refractivity contribution >= 4 is 22.1 Å². The molecule has 1 N–H and O–H groups in total. The molecule has 1 aromatic carbocycles. The van der Waals surface area contributed by atoms with E-state index in [4.69, 9.17) is 13.7 Å². The van der Waals surface area contributed by atoms with Crippen molar-refractivity contribution < 1.29 is 26.9 Å². The molecule has 0 amide bonds. The number of carbonyl (C=O) groups is 1. The van der Waals surface area contributed by atoms with Gasteiger partial charge in [0.15, 0.2) is 6.61 Å². The zero-order valence-corrected chi connectivity index (χ0v) is 17.9. The molecule has 3 aromatic heterocycles. The van der Waals surface area contributed by atoms with Crippen LogP contribution in [0.5, 0.6) is 0 Å². The normalized spacial score (nSPS) is 11.6. The molecule has 0 bridgehead atoms. The zero-order valence-electron chi connectivity index (χ0n) is 17.1. The summed E-state index contributed by atoms with van der Waals surface area (Å²) in [5, 5.41) is 3.82. The molecule has 0 aliphatic carbocycles. The van der Waals surface area contributed by atoms with Crippen molar-refractivity contribution in [2.24, 2.45) is 0 Å². The Kier molecular flexibility index (Phi) is 6.72. The Labute approximate surface area is 189 Å². The zero-order chi connectivity index (χ0) is 23.1. The number of sulfonamides is 1. The number of hydrogen-bond acceptors (Lipinski definition) is 9. The van der Waals surface area contributed by atoms with Gasteiger partial charge in [0.1, 0.15) is 5.76 Å². The van der Waals surface area contributed by atoms with Gasteiger partial charge in [-0.1, -0.05) is 17.3 Å². The molecule has 11 heteroatoms. The standard InChI is InChI=1S/C22H18N4O6S/c27-21(31-15-20-25-22(26-32-20)17-3-1-11-23-13-17)10-7-16-5-8-19(9-6-16)33(28,29)24-14-18-4-2-12-30-18/h1-13,24H,14-15H2/b10-7+. The third-order valence-electron chi connectivity index (χ3n) is 4.34. The van der Waals surface area contributed by atoms with Crippen LogP contribution >= 0.6 is 0 Å². The number of ether oxygens (including phenoxy) is 1. The van der Waals surface area contributed by atoms with Crippen LogP contribution < -0.4 is 4.72 Å². The van der Waals surface area contributed by atoms with Gasteiger partial charge in [-0.15, -0.1) is 0 Å². The molecule has 0 atom stereocenters. The number of aromatic nitrogens is 3. The summed E-state index contributed by atoms with van der Waals surface area (Å²) in [5.74, 6) is 0.379. The van der Waals surface area contributed by atoms with E-state index in [0.717, 1.165) is 0 Å². The van der Waals surface area contributed by atoms with Crippen molar-refractivity contribution in [3.63, 3.8) is 0 Å². The molecule has 3 heterocycles. The molecule has 0 fully saturated rings. The number of benzene rings is 1. The van der Waals surface area contributed by atoms with E-state index in [9.17, 15) is 13.2 Å². The first-order valence-electron chi connectivity index (χ1n) is 9.69. The van der Waals surface area contributed by atoms with Crippen LogP contribution in [0, 0.1) is 0 Å². The lowest BCUT2D eigenvalue weighted by Gasteiger charge is -2.05. The van der Waals surface area contributed by atoms with Gasteiger partial charge in [-0.3, -0.25) is 4.98 Å². The van der Waals surface area contributed by atoms with Crippen LogP contribution in [0.4, 0.5) is 0 Å². The summed E-state index contributed by atoms with van der Waals surface area (Å²) < 4.78 is 42.4. The minimum atomic E-state index is -3.69. The smallest absolute Gasteiger partial charge is 0.331 e. The van der Waals surface area contributed by atoms with E-state index in [0.29, 0.717) is 22.7 Å². The molecule has 0 aliphatic rings. The van der Waals surface area contributed by atoms with Gasteiger partial charge in [0.05, 0.1) is 17.7 Å². The lowest BCUT2D eigenvalue weighted by Crippen LogP contribution is -2.22. The minimum absolute atomic E-state index is 0.0482. The number of nitrogens with one attached hydrogen (secondary N) is 1. The van der Waals surface area contributed by atoms with E-state index in [2.05, 4.69) is 19.8 Å². The van der Waals surface area contributed by atoms with E-state index >= 15 is 0 Å². The van der Waals surface area contributed by atoms with Crippen molar-refractivity contribution in [2.75, 3.05) is 0 Å². The van der Waals surface area contributed by atoms with Crippen molar-refractivity contribution in [3.05, 3.63) is 90.5 Å². The molecule has 0 unspecified atom stereocenters. The molecule has 4 aromatic rings. The average Bonchev–Trinajstić information content (AvgIpc) is 3.53. The fourth-order valence-corrected chi connectivity index (χ4v) is 3.69. The van der Waals surface area contributed by atoms with Crippen LogP contribution in [-0.4, -0.2) is 29.5 Å². The Morgan fingerprint density at radius 3 is 2.70 bits per heavy atom. The maximum absolute atomic E-state index is 12.3. The molecule has 0 saturated heterocycles. The van der Waals surface area contributed by atoms with Crippen LogP contribution in [0.1, 0.15) is 17.2 Å². The third-order valence-corrected chi connectivity index (χ3v) is 5.76. The second-order valence-electron chi connectivity index (χ2n) is 6.67. The lowest BCUT2D eigenvalue weighted by atomic mass is 10.2. The fraction of sp³-hybridized carbons (Fsp3) is 0.0909. The van der Waals surface area contributed by atoms with E-state index < -0.39 is 16.0 Å². The van der Waals surface area contributed by atoms with Gasteiger partial charge in [0, 0.05) is 24.0 Å². The first-order chi connectivity index (χ1) is 16.0. The summed E-state index contributed by atoms with van der Waals surface area (Å²) in [4.78, 5) is 20.2. The molecule has 0 radical (unpaired) electrons. The van der Waals surface area contributed by atoms with Gasteiger partial charge < -0.3 is 13.7 Å². The Morgan fingerprint density at radius 2 is 1.97 bits per heavy atom. The van der Waals surface area contributed by atoms with Crippen LogP contribution in [0.25, 0.3) is 17.5 Å². The average molecular weight is 466 g/mol. The van der Waals surface area contributed by atoms with Gasteiger partial charge in [0.2, 0.25) is 15.8 Å². The van der Waals surface area contributed by atoms with Crippen molar-refractivity contribution in [1.29, 1.82) is 0 Å². The summed E-state index contributed by atoms with van der Waals surface area (Å²) in [6.07, 6.45) is 7.41. The topological polar surface area (TPSA) is 137 Å². The highest BCUT2D eigenvalue weighted by atomic mass is 32.2. The number of hydrogen-bond donors (Lipinski definition) is 1. The fourth-order valence-electron chi connectivity index (χ4n) is 2.69. The Hall–Kier alpha value is -4.09. The second-order valence-corrected chi connectivity index (χ2v) is 8.43. The molecule has 0 aliphatic heterocycles. The van der Waals surface area contributed by atoms with Crippen molar-refractivity contribution in [2.45, 2.75) is 18.0 Å². The summed E-state index contributed by atoms with van der Waals surface area (Å²) in [7, 11) is -3.69. The molecule has 168 valence electrons. The Bertz CT molecular complexity index is 1330. The van der Waals surface area contributed by atoms with Gasteiger partial charge in [-0.2, -0.15) is 4.98 Å². The van der Waals surface area contributed by atoms with Gasteiger partial charge in [-0.25, -0.2) is 17.9 Å². The summed E-state index contributed by atoms with van der Waals surface area (Å²) in [5.41, 5.74) is 1.30. The summed E-state index contributed by atoms with van der Waals surface area (Å²) in [6.45, 7) is -0.137. The number of nitrogens with zero attached hydrogens (tertiary/aromatic N) is 3. The number of furan rings is 1. The van der Waals surface area contributed by atoms with Gasteiger partial charge in [0.25, 0.3) is 5.89 Å². The maximum atomic E-state index is 12.3. The van der Waals surface area contributed by atoms with E-state index in [1.165, 1.54) is 30.5 Å². The first-order valence-corrected chi connectivity index (χ1v) is 11.2. The van der Waals surface area contributed by atoms with E-state index in [-0.39, 0.29) is 23.9 Å². The second kappa shape index (κ2) is 10.0. The SMILES string of the molecule is O=C(/C=C/c1ccc(S(=O)(=O)NCc2ccco2)cc1)OCc1nc(-c2cccnc2)no1. The van der Waals surface area contributed by atoms with Crippen LogP contribution in [0.3, 0.4) is 0 Å². The van der Waals surface area contributed by atoms with E-state index in [1.54, 1.807) is 48.8 Å². The highest BCUT2D eigenvalue weighted by Gasteiger charge is 2.14. The molecular weight excluding hydrogens is 448 g/mol. The number of rotatable bonds is 9. The first kappa shape index (κ1) is 22.1. The molecule has 10 nitrogen and oxygen atoms in total. The van der Waals surface area contributed by atoms with E-state index in [1.807, 2.05) is 0 Å². The summed E-state index contributed by atoms with van der Waals surface area (Å²) >= 11 is 0. The Balaban J connectivity index is 1.29. The predicted molar refractivity (Wildman–Crippen MR) is 116 cm³/mol. The molecular formula is C22H18N4O6S. The molecule has 0 saturated carbocycles. The monoisotopic (exact) mass is 466 g/mol. The summed E-state index contributed by atoms with van der Waals surface area (Å²) in [6, 6.07) is 12.9.